The molecule has 2 saturated heterocycles. The molecule has 2 aromatic carbocycles. The molecule has 3 heterocycles. The number of ether oxygens (including phenoxy) is 1. The van der Waals surface area contributed by atoms with Gasteiger partial charge in [0.1, 0.15) is 5.75 Å². The summed E-state index contributed by atoms with van der Waals surface area (Å²) in [5.74, 6) is 1.21. The van der Waals surface area contributed by atoms with Gasteiger partial charge < -0.3 is 19.9 Å². The Morgan fingerprint density at radius 2 is 1.71 bits per heavy atom. The van der Waals surface area contributed by atoms with E-state index >= 15 is 0 Å². The molecule has 3 aromatic rings. The van der Waals surface area contributed by atoms with E-state index in [0.29, 0.717) is 19.0 Å². The van der Waals surface area contributed by atoms with Gasteiger partial charge in [0.25, 0.3) is 5.91 Å². The molecule has 2 fully saturated rings. The average molecular weight is 474 g/mol. The van der Waals surface area contributed by atoms with Gasteiger partial charge in [0, 0.05) is 37.8 Å². The van der Waals surface area contributed by atoms with Crippen molar-refractivity contribution in [2.24, 2.45) is 0 Å². The second-order valence-corrected chi connectivity index (χ2v) is 9.65. The maximum Gasteiger partial charge on any atom is 0.257 e. The van der Waals surface area contributed by atoms with E-state index in [1.807, 2.05) is 33.8 Å². The lowest BCUT2D eigenvalue weighted by molar-refractivity contribution is 0.0744. The van der Waals surface area contributed by atoms with Gasteiger partial charge in [0.2, 0.25) is 0 Å². The van der Waals surface area contributed by atoms with Gasteiger partial charge in [0.05, 0.1) is 30.3 Å². The van der Waals surface area contributed by atoms with Crippen molar-refractivity contribution < 1.29 is 9.53 Å². The van der Waals surface area contributed by atoms with Crippen LogP contribution in [0.5, 0.6) is 5.75 Å². The lowest BCUT2D eigenvalue weighted by atomic mass is 9.91. The van der Waals surface area contributed by atoms with Gasteiger partial charge in [-0.2, -0.15) is 5.10 Å². The minimum Gasteiger partial charge on any atom is -0.497 e. The molecule has 0 aliphatic carbocycles. The Kier molecular flexibility index (Phi) is 6.77. The van der Waals surface area contributed by atoms with Crippen LogP contribution in [0.15, 0.2) is 48.7 Å². The molecular formula is C28H35N5O2. The van der Waals surface area contributed by atoms with Crippen molar-refractivity contribution >= 4 is 11.6 Å². The second kappa shape index (κ2) is 10.1. The van der Waals surface area contributed by atoms with Gasteiger partial charge in [-0.1, -0.05) is 12.1 Å². The van der Waals surface area contributed by atoms with E-state index in [1.165, 1.54) is 16.8 Å². The molecule has 7 nitrogen and oxygen atoms in total. The van der Waals surface area contributed by atoms with Crippen LogP contribution in [-0.4, -0.2) is 67.0 Å². The van der Waals surface area contributed by atoms with E-state index in [2.05, 4.69) is 42.3 Å². The summed E-state index contributed by atoms with van der Waals surface area (Å²) in [5, 5.41) is 8.16. The van der Waals surface area contributed by atoms with Gasteiger partial charge in [-0.3, -0.25) is 4.79 Å². The first-order valence-corrected chi connectivity index (χ1v) is 12.6. The topological polar surface area (TPSA) is 62.6 Å². The summed E-state index contributed by atoms with van der Waals surface area (Å²) >= 11 is 0. The van der Waals surface area contributed by atoms with E-state index in [1.54, 1.807) is 13.3 Å². The smallest absolute Gasteiger partial charge is 0.257 e. The molecular weight excluding hydrogens is 438 g/mol. The molecule has 1 N–H and O–H groups in total. The highest BCUT2D eigenvalue weighted by Gasteiger charge is 2.31. The molecule has 5 rings (SSSR count). The van der Waals surface area contributed by atoms with Gasteiger partial charge in [-0.15, -0.1) is 0 Å². The Hall–Kier alpha value is -3.32. The fourth-order valence-corrected chi connectivity index (χ4v) is 5.32. The molecule has 7 heteroatoms. The Labute approximate surface area is 207 Å². The van der Waals surface area contributed by atoms with Crippen LogP contribution in [0.2, 0.25) is 0 Å². The molecule has 2 aliphatic heterocycles. The number of piperazine rings is 1. The molecule has 0 atom stereocenters. The highest BCUT2D eigenvalue weighted by Crippen LogP contribution is 2.32. The summed E-state index contributed by atoms with van der Waals surface area (Å²) in [7, 11) is 1.67. The summed E-state index contributed by atoms with van der Waals surface area (Å²) in [6.45, 7) is 9.31. The van der Waals surface area contributed by atoms with Crippen LogP contribution < -0.4 is 15.0 Å². The van der Waals surface area contributed by atoms with Crippen LogP contribution in [0.4, 0.5) is 5.69 Å². The van der Waals surface area contributed by atoms with Crippen LogP contribution in [0.1, 0.15) is 45.9 Å². The van der Waals surface area contributed by atoms with E-state index < -0.39 is 0 Å². The van der Waals surface area contributed by atoms with E-state index in [-0.39, 0.29) is 5.91 Å². The standard InChI is InChI=1S/C28H35N5O2/c1-20-4-5-21(2)26(18-20)31-14-16-32(17-15-31)28(34)25-19-30-33(23-6-8-24(35-3)9-7-23)27(25)22-10-12-29-13-11-22/h4-9,18-19,22,29H,10-17H2,1-3H3. The van der Waals surface area contributed by atoms with Crippen LogP contribution in [0.25, 0.3) is 5.69 Å². The van der Waals surface area contributed by atoms with Crippen molar-refractivity contribution in [1.29, 1.82) is 0 Å². The number of carbonyl (C=O) groups excluding carboxylic acids is 1. The number of nitrogens with one attached hydrogen (secondary N) is 1. The number of hydrogen-bond acceptors (Lipinski definition) is 5. The zero-order valence-corrected chi connectivity index (χ0v) is 21.0. The number of carbonyl (C=O) groups is 1. The van der Waals surface area contributed by atoms with Gasteiger partial charge >= 0.3 is 0 Å². The van der Waals surface area contributed by atoms with Crippen molar-refractivity contribution in [3.05, 3.63) is 71.0 Å². The first kappa shape index (κ1) is 23.4. The summed E-state index contributed by atoms with van der Waals surface area (Å²) in [4.78, 5) is 18.2. The van der Waals surface area contributed by atoms with Crippen LogP contribution in [0.3, 0.4) is 0 Å². The largest absolute Gasteiger partial charge is 0.497 e. The van der Waals surface area contributed by atoms with Crippen LogP contribution >= 0.6 is 0 Å². The molecule has 1 aromatic heterocycles. The second-order valence-electron chi connectivity index (χ2n) is 9.65. The van der Waals surface area contributed by atoms with E-state index in [9.17, 15) is 4.79 Å². The fourth-order valence-electron chi connectivity index (χ4n) is 5.32. The molecule has 184 valence electrons. The highest BCUT2D eigenvalue weighted by atomic mass is 16.5. The number of anilines is 1. The maximum absolute atomic E-state index is 13.8. The summed E-state index contributed by atoms with van der Waals surface area (Å²) in [5.41, 5.74) is 6.57. The summed E-state index contributed by atoms with van der Waals surface area (Å²) in [6, 6.07) is 14.5. The number of methoxy groups -OCH3 is 1. The number of nitrogens with zero attached hydrogens (tertiary/aromatic N) is 4. The third-order valence-electron chi connectivity index (χ3n) is 7.35. The van der Waals surface area contributed by atoms with E-state index in [0.717, 1.165) is 61.7 Å². The Morgan fingerprint density at radius 1 is 1.00 bits per heavy atom. The molecule has 0 radical (unpaired) electrons. The molecule has 1 amide bonds. The molecule has 0 bridgehead atoms. The predicted octanol–water partition coefficient (Wildman–Crippen LogP) is 3.93. The van der Waals surface area contributed by atoms with E-state index in [4.69, 9.17) is 9.84 Å². The number of aromatic nitrogens is 2. The van der Waals surface area contributed by atoms with Gasteiger partial charge in [-0.05, 0) is 81.2 Å². The predicted molar refractivity (Wildman–Crippen MR) is 139 cm³/mol. The number of hydrogen-bond donors (Lipinski definition) is 1. The zero-order chi connectivity index (χ0) is 24.4. The average Bonchev–Trinajstić information content (AvgIpc) is 3.35. The number of benzene rings is 2. The molecule has 0 spiro atoms. The minimum absolute atomic E-state index is 0.0962. The first-order chi connectivity index (χ1) is 17.0. The number of aryl methyl sites for hydroxylation is 2. The summed E-state index contributed by atoms with van der Waals surface area (Å²) in [6.07, 6.45) is 3.78. The van der Waals surface area contributed by atoms with Crippen molar-refractivity contribution in [2.75, 3.05) is 51.3 Å². The zero-order valence-electron chi connectivity index (χ0n) is 21.0. The number of amides is 1. The minimum atomic E-state index is 0.0962. The third-order valence-corrected chi connectivity index (χ3v) is 7.35. The van der Waals surface area contributed by atoms with Gasteiger partial charge in [-0.25, -0.2) is 4.68 Å². The lowest BCUT2D eigenvalue weighted by Crippen LogP contribution is -2.49. The van der Waals surface area contributed by atoms with Crippen LogP contribution in [-0.2, 0) is 0 Å². The number of piperidine rings is 1. The van der Waals surface area contributed by atoms with Crippen molar-refractivity contribution in [2.45, 2.75) is 32.6 Å². The lowest BCUT2D eigenvalue weighted by Gasteiger charge is -2.37. The third kappa shape index (κ3) is 4.78. The van der Waals surface area contributed by atoms with Crippen molar-refractivity contribution in [3.63, 3.8) is 0 Å². The molecule has 35 heavy (non-hydrogen) atoms. The van der Waals surface area contributed by atoms with Crippen molar-refractivity contribution in [1.82, 2.24) is 20.0 Å². The SMILES string of the molecule is COc1ccc(-n2ncc(C(=O)N3CCN(c4cc(C)ccc4C)CC3)c2C2CCNCC2)cc1. The highest BCUT2D eigenvalue weighted by molar-refractivity contribution is 5.95. The Morgan fingerprint density at radius 3 is 2.40 bits per heavy atom. The Balaban J connectivity index is 1.39. The fraction of sp³-hybridized carbons (Fsp3) is 0.429. The van der Waals surface area contributed by atoms with Gasteiger partial charge in [0.15, 0.2) is 0 Å². The van der Waals surface area contributed by atoms with Crippen molar-refractivity contribution in [3.8, 4) is 11.4 Å². The monoisotopic (exact) mass is 473 g/mol. The normalized spacial score (nSPS) is 17.0. The maximum atomic E-state index is 13.8. The van der Waals surface area contributed by atoms with Crippen LogP contribution in [0, 0.1) is 13.8 Å². The number of rotatable bonds is 5. The molecule has 0 saturated carbocycles. The summed E-state index contributed by atoms with van der Waals surface area (Å²) < 4.78 is 7.29. The molecule has 2 aliphatic rings. The first-order valence-electron chi connectivity index (χ1n) is 12.6. The Bertz CT molecular complexity index is 1170. The molecule has 0 unspecified atom stereocenters. The quantitative estimate of drug-likeness (QED) is 0.609.